The van der Waals surface area contributed by atoms with Crippen molar-refractivity contribution >= 4 is 22.7 Å². The van der Waals surface area contributed by atoms with Crippen LogP contribution in [0.3, 0.4) is 0 Å². The van der Waals surface area contributed by atoms with Crippen molar-refractivity contribution in [2.45, 2.75) is 0 Å². The Morgan fingerprint density at radius 3 is 1.36 bits per heavy atom. The van der Waals surface area contributed by atoms with Crippen molar-refractivity contribution < 1.29 is 10.2 Å². The number of para-hydroxylation sites is 2. The van der Waals surface area contributed by atoms with Gasteiger partial charge in [0.2, 0.25) is 0 Å². The van der Waals surface area contributed by atoms with Gasteiger partial charge in [-0.05, 0) is 30.3 Å². The van der Waals surface area contributed by atoms with Crippen molar-refractivity contribution in [2.24, 2.45) is 0 Å². The fourth-order valence-electron chi connectivity index (χ4n) is 2.13. The average molecular weight is 292 g/mol. The molecule has 110 valence electrons. The van der Waals surface area contributed by atoms with Gasteiger partial charge in [0.05, 0.1) is 11.4 Å². The van der Waals surface area contributed by atoms with Crippen LogP contribution in [0.25, 0.3) is 0 Å². The second kappa shape index (κ2) is 6.10. The van der Waals surface area contributed by atoms with Gasteiger partial charge in [0.1, 0.15) is 11.5 Å². The lowest BCUT2D eigenvalue weighted by atomic mass is 10.2. The highest BCUT2D eigenvalue weighted by molar-refractivity contribution is 5.77. The summed E-state index contributed by atoms with van der Waals surface area (Å²) in [5.41, 5.74) is 2.74. The van der Waals surface area contributed by atoms with Crippen LogP contribution < -0.4 is 10.6 Å². The summed E-state index contributed by atoms with van der Waals surface area (Å²) >= 11 is 0. The van der Waals surface area contributed by atoms with Crippen molar-refractivity contribution in [3.63, 3.8) is 0 Å². The van der Waals surface area contributed by atoms with Gasteiger partial charge in [0.25, 0.3) is 0 Å². The molecule has 0 atom stereocenters. The molecule has 4 nitrogen and oxygen atoms in total. The van der Waals surface area contributed by atoms with Gasteiger partial charge in [0, 0.05) is 17.4 Å². The highest BCUT2D eigenvalue weighted by Gasteiger charge is 2.09. The molecule has 0 aliphatic rings. The molecule has 0 aromatic heterocycles. The fourth-order valence-corrected chi connectivity index (χ4v) is 2.13. The van der Waals surface area contributed by atoms with Gasteiger partial charge in [-0.15, -0.1) is 0 Å². The molecule has 0 bridgehead atoms. The van der Waals surface area contributed by atoms with E-state index in [9.17, 15) is 10.2 Å². The summed E-state index contributed by atoms with van der Waals surface area (Å²) in [7, 11) is 0. The maximum Gasteiger partial charge on any atom is 0.142 e. The Kier molecular flexibility index (Phi) is 3.83. The zero-order valence-electron chi connectivity index (χ0n) is 11.8. The number of phenols is 2. The van der Waals surface area contributed by atoms with Crippen molar-refractivity contribution in [3.05, 3.63) is 72.8 Å². The number of nitrogens with one attached hydrogen (secondary N) is 2. The molecular weight excluding hydrogens is 276 g/mol. The zero-order chi connectivity index (χ0) is 15.4. The smallest absolute Gasteiger partial charge is 0.142 e. The average Bonchev–Trinajstić information content (AvgIpc) is 2.54. The van der Waals surface area contributed by atoms with E-state index in [4.69, 9.17) is 0 Å². The van der Waals surface area contributed by atoms with E-state index in [1.54, 1.807) is 6.07 Å². The van der Waals surface area contributed by atoms with Gasteiger partial charge in [-0.3, -0.25) is 0 Å². The van der Waals surface area contributed by atoms with E-state index in [2.05, 4.69) is 10.6 Å². The van der Waals surface area contributed by atoms with Gasteiger partial charge in [-0.25, -0.2) is 0 Å². The molecule has 0 fully saturated rings. The van der Waals surface area contributed by atoms with E-state index < -0.39 is 0 Å². The quantitative estimate of drug-likeness (QED) is 0.419. The number of benzene rings is 3. The molecule has 0 aliphatic heterocycles. The molecule has 3 aromatic rings. The standard InChI is InChI=1S/C18H16N2O2/c21-17-12-18(22)16(20-14-9-5-2-6-10-14)11-15(17)19-13-7-3-1-4-8-13/h1-12,19-22H. The van der Waals surface area contributed by atoms with E-state index in [1.807, 2.05) is 60.7 Å². The molecule has 0 saturated carbocycles. The third kappa shape index (κ3) is 3.12. The van der Waals surface area contributed by atoms with Crippen molar-refractivity contribution in [2.75, 3.05) is 10.6 Å². The lowest BCUT2D eigenvalue weighted by Gasteiger charge is -2.13. The number of phenolic OH excluding ortho intramolecular Hbond substituents is 2. The highest BCUT2D eigenvalue weighted by atomic mass is 16.3. The molecule has 3 aromatic carbocycles. The maximum absolute atomic E-state index is 9.99. The van der Waals surface area contributed by atoms with Crippen molar-refractivity contribution in [3.8, 4) is 11.5 Å². The minimum absolute atomic E-state index is 0.0139. The normalized spacial score (nSPS) is 10.2. The lowest BCUT2D eigenvalue weighted by molar-refractivity contribution is 0.453. The Labute approximate surface area is 128 Å². The van der Waals surface area contributed by atoms with E-state index in [0.717, 1.165) is 11.4 Å². The molecule has 3 rings (SSSR count). The summed E-state index contributed by atoms with van der Waals surface area (Å²) in [6.45, 7) is 0. The van der Waals surface area contributed by atoms with Crippen LogP contribution in [0.5, 0.6) is 11.5 Å². The van der Waals surface area contributed by atoms with Crippen LogP contribution in [-0.2, 0) is 0 Å². The highest BCUT2D eigenvalue weighted by Crippen LogP contribution is 2.37. The minimum atomic E-state index is -0.0139. The van der Waals surface area contributed by atoms with Crippen molar-refractivity contribution in [1.82, 2.24) is 0 Å². The van der Waals surface area contributed by atoms with E-state index in [1.165, 1.54) is 6.07 Å². The lowest BCUT2D eigenvalue weighted by Crippen LogP contribution is -1.95. The topological polar surface area (TPSA) is 64.5 Å². The summed E-state index contributed by atoms with van der Waals surface area (Å²) in [5, 5.41) is 26.2. The molecule has 0 amide bonds. The van der Waals surface area contributed by atoms with Crippen LogP contribution in [0.1, 0.15) is 0 Å². The minimum Gasteiger partial charge on any atom is -0.506 e. The number of rotatable bonds is 4. The van der Waals surface area contributed by atoms with Crippen LogP contribution in [0.2, 0.25) is 0 Å². The predicted octanol–water partition coefficient (Wildman–Crippen LogP) is 4.59. The number of anilines is 4. The molecule has 0 spiro atoms. The molecule has 0 aliphatic carbocycles. The molecule has 22 heavy (non-hydrogen) atoms. The third-order valence-corrected chi connectivity index (χ3v) is 3.22. The third-order valence-electron chi connectivity index (χ3n) is 3.22. The first-order valence-corrected chi connectivity index (χ1v) is 6.92. The van der Waals surface area contributed by atoms with E-state index >= 15 is 0 Å². The van der Waals surface area contributed by atoms with Crippen molar-refractivity contribution in [1.29, 1.82) is 0 Å². The fraction of sp³-hybridized carbons (Fsp3) is 0. The first-order valence-electron chi connectivity index (χ1n) is 6.92. The van der Waals surface area contributed by atoms with E-state index in [0.29, 0.717) is 11.4 Å². The van der Waals surface area contributed by atoms with Crippen LogP contribution in [0, 0.1) is 0 Å². The monoisotopic (exact) mass is 292 g/mol. The van der Waals surface area contributed by atoms with Gasteiger partial charge < -0.3 is 20.8 Å². The van der Waals surface area contributed by atoms with Gasteiger partial charge in [0.15, 0.2) is 0 Å². The van der Waals surface area contributed by atoms with E-state index in [-0.39, 0.29) is 11.5 Å². The first kappa shape index (κ1) is 13.8. The Morgan fingerprint density at radius 2 is 0.955 bits per heavy atom. The molecular formula is C18H16N2O2. The number of hydrogen-bond acceptors (Lipinski definition) is 4. The first-order chi connectivity index (χ1) is 10.7. The summed E-state index contributed by atoms with van der Waals surface area (Å²) in [4.78, 5) is 0. The molecule has 4 heteroatoms. The molecule has 0 heterocycles. The molecule has 0 radical (unpaired) electrons. The SMILES string of the molecule is Oc1cc(O)c(Nc2ccccc2)cc1Nc1ccccc1. The summed E-state index contributed by atoms with van der Waals surface area (Å²) in [6.07, 6.45) is 0. The van der Waals surface area contributed by atoms with Gasteiger partial charge in [-0.2, -0.15) is 0 Å². The van der Waals surface area contributed by atoms with Crippen LogP contribution in [-0.4, -0.2) is 10.2 Å². The molecule has 4 N–H and O–H groups in total. The van der Waals surface area contributed by atoms with Gasteiger partial charge >= 0.3 is 0 Å². The molecule has 0 unspecified atom stereocenters. The summed E-state index contributed by atoms with van der Waals surface area (Å²) < 4.78 is 0. The Hall–Kier alpha value is -3.14. The second-order valence-corrected chi connectivity index (χ2v) is 4.87. The zero-order valence-corrected chi connectivity index (χ0v) is 11.8. The van der Waals surface area contributed by atoms with Gasteiger partial charge in [-0.1, -0.05) is 36.4 Å². The molecule has 0 saturated heterocycles. The van der Waals surface area contributed by atoms with Crippen LogP contribution in [0.15, 0.2) is 72.8 Å². The van der Waals surface area contributed by atoms with Crippen LogP contribution in [0.4, 0.5) is 22.7 Å². The largest absolute Gasteiger partial charge is 0.506 e. The number of aromatic hydroxyl groups is 2. The Morgan fingerprint density at radius 1 is 0.545 bits per heavy atom. The Bertz CT molecular complexity index is 696. The van der Waals surface area contributed by atoms with Crippen LogP contribution >= 0.6 is 0 Å². The Balaban J connectivity index is 1.90. The number of hydrogen-bond donors (Lipinski definition) is 4. The summed E-state index contributed by atoms with van der Waals surface area (Å²) in [6, 6.07) is 22.0. The summed E-state index contributed by atoms with van der Waals surface area (Å²) in [5.74, 6) is -0.0278. The second-order valence-electron chi connectivity index (χ2n) is 4.87. The predicted molar refractivity (Wildman–Crippen MR) is 89.2 cm³/mol. The maximum atomic E-state index is 9.99.